The number of hydrogen-bond acceptors (Lipinski definition) is 6. The molecule has 0 aliphatic carbocycles. The first-order valence-electron chi connectivity index (χ1n) is 9.40. The number of alkyl halides is 6. The summed E-state index contributed by atoms with van der Waals surface area (Å²) in [5.41, 5.74) is -1.30. The number of carbonyl (C=O) groups is 1. The van der Waals surface area contributed by atoms with Crippen molar-refractivity contribution < 1.29 is 40.6 Å². The molecule has 6 nitrogen and oxygen atoms in total. The Bertz CT molecular complexity index is 973. The summed E-state index contributed by atoms with van der Waals surface area (Å²) in [5, 5.41) is 3.09. The Kier molecular flexibility index (Phi) is 7.42. The van der Waals surface area contributed by atoms with Crippen molar-refractivity contribution >= 4 is 39.1 Å². The molecule has 1 saturated heterocycles. The van der Waals surface area contributed by atoms with Crippen molar-refractivity contribution in [2.75, 3.05) is 33.3 Å². The van der Waals surface area contributed by atoms with Crippen molar-refractivity contribution in [3.63, 3.8) is 0 Å². The third-order valence-corrected chi connectivity index (χ3v) is 6.11. The number of ether oxygens (including phenoxy) is 2. The zero-order chi connectivity index (χ0) is 23.7. The second-order valence-electron chi connectivity index (χ2n) is 6.96. The van der Waals surface area contributed by atoms with Crippen LogP contribution in [-0.4, -0.2) is 61.5 Å². The fraction of sp³-hybridized carbons (Fsp3) is 0.556. The zero-order valence-electron chi connectivity index (χ0n) is 16.6. The summed E-state index contributed by atoms with van der Waals surface area (Å²) < 4.78 is 87.1. The number of thiophene rings is 1. The summed E-state index contributed by atoms with van der Waals surface area (Å²) in [6.07, 6.45) is -9.60. The molecule has 0 unspecified atom stereocenters. The summed E-state index contributed by atoms with van der Waals surface area (Å²) in [6.45, 7) is 0.137. The monoisotopic (exact) mass is 505 g/mol. The van der Waals surface area contributed by atoms with E-state index in [4.69, 9.17) is 16.3 Å². The number of piperidine rings is 1. The van der Waals surface area contributed by atoms with Gasteiger partial charge in [-0.25, -0.2) is 4.98 Å². The number of nitrogens with one attached hydrogen (secondary N) is 1. The fourth-order valence-corrected chi connectivity index (χ4v) is 4.64. The van der Waals surface area contributed by atoms with Crippen LogP contribution in [0.4, 0.5) is 26.3 Å². The van der Waals surface area contributed by atoms with Crippen LogP contribution in [0.15, 0.2) is 5.38 Å². The Balaban J connectivity index is 1.78. The quantitative estimate of drug-likeness (QED) is 0.455. The number of amides is 1. The van der Waals surface area contributed by atoms with E-state index < -0.39 is 47.6 Å². The van der Waals surface area contributed by atoms with Crippen molar-refractivity contribution in [2.24, 2.45) is 0 Å². The van der Waals surface area contributed by atoms with Crippen LogP contribution in [0.25, 0.3) is 10.2 Å². The molecule has 178 valence electrons. The predicted molar refractivity (Wildman–Crippen MR) is 105 cm³/mol. The van der Waals surface area contributed by atoms with Crippen molar-refractivity contribution in [2.45, 2.75) is 31.5 Å². The number of aromatic nitrogens is 1. The van der Waals surface area contributed by atoms with Gasteiger partial charge in [0.25, 0.3) is 5.91 Å². The average molecular weight is 506 g/mol. The molecule has 0 aromatic carbocycles. The minimum Gasteiger partial charge on any atom is -0.486 e. The van der Waals surface area contributed by atoms with Gasteiger partial charge in [-0.15, -0.1) is 24.5 Å². The summed E-state index contributed by atoms with van der Waals surface area (Å²) >= 11 is 6.77. The standard InChI is InChI=1S/C18H18ClF6N3O3S/c1-26-16(29)10-8-32-14-11(17(20,21)22)13(15(19)27-12(10)14)31-9-2-4-28(5-3-9)6-7-30-18(23,24)25/h8-9H,2-7H2,1H3,(H,26,29). The highest BCUT2D eigenvalue weighted by molar-refractivity contribution is 7.17. The van der Waals surface area contributed by atoms with Crippen LogP contribution < -0.4 is 10.1 Å². The van der Waals surface area contributed by atoms with Crippen LogP contribution in [0.5, 0.6) is 5.75 Å². The number of nitrogens with zero attached hydrogens (tertiary/aromatic N) is 2. The second kappa shape index (κ2) is 9.57. The number of pyridine rings is 1. The fourth-order valence-electron chi connectivity index (χ4n) is 3.36. The number of rotatable bonds is 6. The molecule has 32 heavy (non-hydrogen) atoms. The number of likely N-dealkylation sites (tertiary alicyclic amines) is 1. The van der Waals surface area contributed by atoms with E-state index in [9.17, 15) is 31.1 Å². The molecule has 1 amide bonds. The molecule has 0 bridgehead atoms. The molecule has 1 N–H and O–H groups in total. The van der Waals surface area contributed by atoms with Gasteiger partial charge < -0.3 is 15.0 Å². The maximum Gasteiger partial charge on any atom is 0.522 e. The smallest absolute Gasteiger partial charge is 0.486 e. The highest BCUT2D eigenvalue weighted by Gasteiger charge is 2.41. The lowest BCUT2D eigenvalue weighted by molar-refractivity contribution is -0.325. The lowest BCUT2D eigenvalue weighted by Crippen LogP contribution is -2.40. The Morgan fingerprint density at radius 3 is 2.50 bits per heavy atom. The molecule has 14 heteroatoms. The molecule has 2 aromatic rings. The van der Waals surface area contributed by atoms with E-state index in [1.54, 1.807) is 4.90 Å². The molecule has 0 atom stereocenters. The van der Waals surface area contributed by atoms with Crippen LogP contribution in [0.2, 0.25) is 5.15 Å². The first-order chi connectivity index (χ1) is 14.9. The van der Waals surface area contributed by atoms with Gasteiger partial charge in [0.1, 0.15) is 11.7 Å². The maximum atomic E-state index is 13.9. The summed E-state index contributed by atoms with van der Waals surface area (Å²) in [6, 6.07) is 0. The van der Waals surface area contributed by atoms with Crippen LogP contribution in [0.1, 0.15) is 28.8 Å². The average Bonchev–Trinajstić information content (AvgIpc) is 3.10. The molecule has 1 fully saturated rings. The van der Waals surface area contributed by atoms with E-state index in [0.29, 0.717) is 24.4 Å². The van der Waals surface area contributed by atoms with Gasteiger partial charge in [0, 0.05) is 32.1 Å². The van der Waals surface area contributed by atoms with E-state index in [1.165, 1.54) is 12.4 Å². The molecule has 0 radical (unpaired) electrons. The van der Waals surface area contributed by atoms with E-state index in [1.807, 2.05) is 0 Å². The van der Waals surface area contributed by atoms with Gasteiger partial charge in [0.2, 0.25) is 0 Å². The van der Waals surface area contributed by atoms with Crippen molar-refractivity contribution in [3.05, 3.63) is 21.7 Å². The summed E-state index contributed by atoms with van der Waals surface area (Å²) in [7, 11) is 1.34. The Labute approximate surface area is 187 Å². The summed E-state index contributed by atoms with van der Waals surface area (Å²) in [4.78, 5) is 17.6. The molecule has 3 heterocycles. The van der Waals surface area contributed by atoms with Gasteiger partial charge in [-0.1, -0.05) is 11.6 Å². The summed E-state index contributed by atoms with van der Waals surface area (Å²) in [5.74, 6) is -1.21. The Morgan fingerprint density at radius 1 is 1.28 bits per heavy atom. The van der Waals surface area contributed by atoms with E-state index in [0.717, 1.165) is 0 Å². The molecule has 1 aliphatic heterocycles. The number of halogens is 7. The number of hydrogen-bond donors (Lipinski definition) is 1. The molecular formula is C18H18ClF6N3O3S. The molecule has 1 aliphatic rings. The molecule has 0 spiro atoms. The van der Waals surface area contributed by atoms with Crippen LogP contribution in [-0.2, 0) is 10.9 Å². The normalized spacial score (nSPS) is 16.5. The molecule has 0 saturated carbocycles. The van der Waals surface area contributed by atoms with Gasteiger partial charge in [-0.3, -0.25) is 9.53 Å². The highest BCUT2D eigenvalue weighted by Crippen LogP contribution is 2.47. The second-order valence-corrected chi connectivity index (χ2v) is 8.20. The zero-order valence-corrected chi connectivity index (χ0v) is 18.1. The van der Waals surface area contributed by atoms with Crippen molar-refractivity contribution in [1.82, 2.24) is 15.2 Å². The maximum absolute atomic E-state index is 13.9. The first kappa shape index (κ1) is 24.8. The first-order valence-corrected chi connectivity index (χ1v) is 10.7. The number of carbonyl (C=O) groups excluding carboxylic acids is 1. The Hall–Kier alpha value is -1.83. The van der Waals surface area contributed by atoms with Crippen molar-refractivity contribution in [3.8, 4) is 5.75 Å². The molecular weight excluding hydrogens is 488 g/mol. The molecule has 3 rings (SSSR count). The minimum atomic E-state index is -4.82. The molecule has 2 aromatic heterocycles. The number of fused-ring (bicyclic) bond motifs is 1. The van der Waals surface area contributed by atoms with Gasteiger partial charge >= 0.3 is 12.5 Å². The lowest BCUT2D eigenvalue weighted by Gasteiger charge is -2.32. The highest BCUT2D eigenvalue weighted by atomic mass is 35.5. The third-order valence-electron chi connectivity index (χ3n) is 4.86. The van der Waals surface area contributed by atoms with Crippen LogP contribution in [0.3, 0.4) is 0 Å². The van der Waals surface area contributed by atoms with Gasteiger partial charge in [-0.05, 0) is 12.8 Å². The van der Waals surface area contributed by atoms with Crippen LogP contribution >= 0.6 is 22.9 Å². The lowest BCUT2D eigenvalue weighted by atomic mass is 10.1. The van der Waals surface area contributed by atoms with Crippen LogP contribution in [0, 0.1) is 0 Å². The minimum absolute atomic E-state index is 0.0270. The third kappa shape index (κ3) is 5.74. The van der Waals surface area contributed by atoms with Gasteiger partial charge in [0.15, 0.2) is 10.9 Å². The predicted octanol–water partition coefficient (Wildman–Crippen LogP) is 4.71. The van der Waals surface area contributed by atoms with E-state index in [-0.39, 0.29) is 35.2 Å². The van der Waals surface area contributed by atoms with E-state index in [2.05, 4.69) is 15.0 Å². The van der Waals surface area contributed by atoms with E-state index >= 15 is 0 Å². The largest absolute Gasteiger partial charge is 0.522 e. The van der Waals surface area contributed by atoms with Crippen molar-refractivity contribution in [1.29, 1.82) is 0 Å². The Morgan fingerprint density at radius 2 is 1.94 bits per heavy atom. The topological polar surface area (TPSA) is 63.7 Å². The van der Waals surface area contributed by atoms with Gasteiger partial charge in [0.05, 0.1) is 22.4 Å². The SMILES string of the molecule is CNC(=O)c1csc2c(C(F)(F)F)c(OC3CCN(CCOC(F)(F)F)CC3)c(Cl)nc12. The van der Waals surface area contributed by atoms with Gasteiger partial charge in [-0.2, -0.15) is 13.2 Å².